The van der Waals surface area contributed by atoms with Crippen molar-refractivity contribution in [1.82, 2.24) is 0 Å². The first kappa shape index (κ1) is 40.2. The Kier molecular flexibility index (Phi) is 12.9. The number of furan rings is 1. The van der Waals surface area contributed by atoms with Crippen molar-refractivity contribution in [3.8, 4) is 17.1 Å². The molecule has 0 aliphatic carbocycles. The predicted octanol–water partition coefficient (Wildman–Crippen LogP) is 8.97. The van der Waals surface area contributed by atoms with E-state index in [-0.39, 0.29) is 21.8 Å². The monoisotopic (exact) mass is 738 g/mol. The zero-order valence-electron chi connectivity index (χ0n) is 25.8. The van der Waals surface area contributed by atoms with Crippen LogP contribution in [0.2, 0.25) is 0 Å². The third kappa shape index (κ3) is 9.72. The second-order valence-corrected chi connectivity index (χ2v) is 12.2. The summed E-state index contributed by atoms with van der Waals surface area (Å²) >= 11 is 0.487. The highest BCUT2D eigenvalue weighted by molar-refractivity contribution is 7.99. The highest BCUT2D eigenvalue weighted by atomic mass is 32.2. The minimum Gasteiger partial charge on any atom is -0.464 e. The van der Waals surface area contributed by atoms with Crippen LogP contribution in [0.25, 0.3) is 22.3 Å². The molecule has 0 radical (unpaired) electrons. The fourth-order valence-corrected chi connectivity index (χ4v) is 5.45. The fraction of sp³-hybridized carbons (Fsp3) is 0.516. The molecule has 49 heavy (non-hydrogen) atoms. The Balaban J connectivity index is 1.72. The van der Waals surface area contributed by atoms with E-state index in [9.17, 15) is 53.1 Å². The van der Waals surface area contributed by atoms with Crippen molar-refractivity contribution in [3.63, 3.8) is 0 Å². The summed E-state index contributed by atoms with van der Waals surface area (Å²) < 4.78 is 168. The number of aryl methyl sites for hydroxylation is 1. The Morgan fingerprint density at radius 1 is 0.878 bits per heavy atom. The molecule has 0 spiro atoms. The molecule has 1 heterocycles. The van der Waals surface area contributed by atoms with Crippen molar-refractivity contribution in [2.75, 3.05) is 18.9 Å². The van der Waals surface area contributed by atoms with Gasteiger partial charge in [0.15, 0.2) is 0 Å². The maximum Gasteiger partial charge on any atom is 0.573 e. The molecule has 274 valence electrons. The Morgan fingerprint density at radius 2 is 1.53 bits per heavy atom. The molecule has 1 unspecified atom stereocenters. The Morgan fingerprint density at radius 3 is 2.14 bits per heavy atom. The molecule has 6 nitrogen and oxygen atoms in total. The van der Waals surface area contributed by atoms with Crippen molar-refractivity contribution in [3.05, 3.63) is 48.0 Å². The van der Waals surface area contributed by atoms with Crippen molar-refractivity contribution >= 4 is 28.7 Å². The molecule has 0 amide bonds. The second kappa shape index (κ2) is 15.7. The van der Waals surface area contributed by atoms with E-state index < -0.39 is 79.6 Å². The lowest BCUT2D eigenvalue weighted by atomic mass is 9.95. The summed E-state index contributed by atoms with van der Waals surface area (Å²) in [6.07, 6.45) is -6.15. The highest BCUT2D eigenvalue weighted by Gasteiger charge is 2.79. The molecule has 3 rings (SSSR count). The van der Waals surface area contributed by atoms with Crippen molar-refractivity contribution < 1.29 is 67.0 Å². The first-order valence-electron chi connectivity index (χ1n) is 14.8. The van der Waals surface area contributed by atoms with E-state index in [1.165, 1.54) is 36.4 Å². The average molecular weight is 739 g/mol. The molecule has 3 aromatic rings. The quantitative estimate of drug-likeness (QED) is 0.0582. The molecular weight excluding hydrogens is 705 g/mol. The molecule has 4 N–H and O–H groups in total. The van der Waals surface area contributed by atoms with Crippen molar-refractivity contribution in [2.24, 2.45) is 11.5 Å². The normalized spacial score (nSPS) is 13.9. The van der Waals surface area contributed by atoms with E-state index in [0.717, 1.165) is 19.3 Å². The summed E-state index contributed by atoms with van der Waals surface area (Å²) in [5.41, 5.74) is 10.8. The first-order valence-corrected chi connectivity index (χ1v) is 15.8. The Bertz CT molecular complexity index is 1560. The lowest BCUT2D eigenvalue weighted by Crippen LogP contribution is -2.62. The summed E-state index contributed by atoms with van der Waals surface area (Å²) in [4.78, 5) is 11.5. The number of rotatable bonds is 18. The Labute approximate surface area is 277 Å². The fourth-order valence-electron chi connectivity index (χ4n) is 4.50. The van der Waals surface area contributed by atoms with Crippen LogP contribution in [0, 0.1) is 0 Å². The molecule has 0 fully saturated rings. The van der Waals surface area contributed by atoms with Gasteiger partial charge >= 0.3 is 36.0 Å². The van der Waals surface area contributed by atoms with Gasteiger partial charge in [0.05, 0.1) is 18.6 Å². The number of carbonyl (C=O) groups excluding carboxylic acids is 1. The zero-order valence-corrected chi connectivity index (χ0v) is 26.7. The summed E-state index contributed by atoms with van der Waals surface area (Å²) in [6.45, 7) is -0.0499. The third-order valence-corrected chi connectivity index (χ3v) is 8.31. The number of halogens is 11. The van der Waals surface area contributed by atoms with Gasteiger partial charge in [0.2, 0.25) is 0 Å². The van der Waals surface area contributed by atoms with Crippen LogP contribution in [-0.4, -0.2) is 61.0 Å². The number of hydrogen-bond donors (Lipinski definition) is 2. The van der Waals surface area contributed by atoms with E-state index in [2.05, 4.69) is 9.47 Å². The topological polar surface area (TPSA) is 101 Å². The van der Waals surface area contributed by atoms with Crippen LogP contribution >= 0.6 is 11.8 Å². The van der Waals surface area contributed by atoms with Gasteiger partial charge in [-0.05, 0) is 54.8 Å². The molecule has 0 aliphatic rings. The maximum atomic E-state index is 14.4. The standard InChI is InChI=1S/C31H33F11N2O4S/c1-2-3-4-5-18-6-9-21(25(14-18)48-31(40,41)42)24-15-19-7-8-20(16-23(19)47-24)49-13-11-28(34,35)30(38,39)29(36,37)27(32,33)10-12-46-26(45)22(44)17-43/h6-9,14-16,22H,2-5,10-13,17,43-44H2,1H3. The average Bonchev–Trinajstić information content (AvgIpc) is 3.42. The number of benzene rings is 2. The summed E-state index contributed by atoms with van der Waals surface area (Å²) in [5.74, 6) is -27.3. The van der Waals surface area contributed by atoms with Gasteiger partial charge in [-0.2, -0.15) is 35.1 Å². The summed E-state index contributed by atoms with van der Waals surface area (Å²) in [7, 11) is 0. The molecule has 1 aromatic heterocycles. The summed E-state index contributed by atoms with van der Waals surface area (Å²) in [5, 5.41) is 0.360. The Hall–Kier alpha value is -3.25. The molecular formula is C31H33F11N2O4S. The van der Waals surface area contributed by atoms with E-state index >= 15 is 0 Å². The third-order valence-electron chi connectivity index (χ3n) is 7.31. The van der Waals surface area contributed by atoms with E-state index in [0.29, 0.717) is 29.1 Å². The van der Waals surface area contributed by atoms with Crippen LogP contribution in [0.1, 0.15) is 44.6 Å². The summed E-state index contributed by atoms with van der Waals surface area (Å²) in [6, 6.07) is 8.11. The number of carbonyl (C=O) groups is 1. The first-order chi connectivity index (χ1) is 22.7. The molecule has 18 heteroatoms. The lowest BCUT2D eigenvalue weighted by Gasteiger charge is -2.36. The van der Waals surface area contributed by atoms with Crippen LogP contribution in [0.4, 0.5) is 48.3 Å². The molecule has 0 saturated heterocycles. The predicted molar refractivity (Wildman–Crippen MR) is 159 cm³/mol. The van der Waals surface area contributed by atoms with Gasteiger partial charge in [0, 0.05) is 29.0 Å². The van der Waals surface area contributed by atoms with Gasteiger partial charge in [-0.25, -0.2) is 0 Å². The number of thioether (sulfide) groups is 1. The van der Waals surface area contributed by atoms with Gasteiger partial charge in [-0.1, -0.05) is 25.8 Å². The number of alkyl halides is 11. The van der Waals surface area contributed by atoms with Crippen LogP contribution in [0.3, 0.4) is 0 Å². The van der Waals surface area contributed by atoms with Gasteiger partial charge in [0.1, 0.15) is 23.1 Å². The number of hydrogen-bond acceptors (Lipinski definition) is 7. The molecule has 2 aromatic carbocycles. The maximum absolute atomic E-state index is 14.4. The number of ether oxygens (including phenoxy) is 2. The lowest BCUT2D eigenvalue weighted by molar-refractivity contribution is -0.367. The van der Waals surface area contributed by atoms with Crippen LogP contribution in [0.15, 0.2) is 51.8 Å². The van der Waals surface area contributed by atoms with E-state index in [4.69, 9.17) is 15.9 Å². The largest absolute Gasteiger partial charge is 0.573 e. The minimum absolute atomic E-state index is 0.0390. The molecule has 0 saturated carbocycles. The zero-order chi connectivity index (χ0) is 36.8. The molecule has 0 aliphatic heterocycles. The smallest absolute Gasteiger partial charge is 0.464 e. The molecule has 0 bridgehead atoms. The van der Waals surface area contributed by atoms with Gasteiger partial charge in [-0.15, -0.1) is 24.9 Å². The van der Waals surface area contributed by atoms with Crippen LogP contribution in [0.5, 0.6) is 5.75 Å². The van der Waals surface area contributed by atoms with Gasteiger partial charge in [-0.3, -0.25) is 4.79 Å². The van der Waals surface area contributed by atoms with E-state index in [1.54, 1.807) is 6.07 Å². The number of unbranched alkanes of at least 4 members (excludes halogenated alkanes) is 2. The minimum atomic E-state index is -6.55. The highest BCUT2D eigenvalue weighted by Crippen LogP contribution is 2.55. The van der Waals surface area contributed by atoms with Gasteiger partial charge in [0.25, 0.3) is 0 Å². The molecule has 1 atom stereocenters. The van der Waals surface area contributed by atoms with Crippen LogP contribution < -0.4 is 16.2 Å². The number of nitrogens with two attached hydrogens (primary N) is 2. The number of fused-ring (bicyclic) bond motifs is 1. The second-order valence-electron chi connectivity index (χ2n) is 11.1. The van der Waals surface area contributed by atoms with Crippen molar-refractivity contribution in [1.29, 1.82) is 0 Å². The van der Waals surface area contributed by atoms with Gasteiger partial charge < -0.3 is 25.4 Å². The van der Waals surface area contributed by atoms with Crippen molar-refractivity contribution in [2.45, 2.75) is 86.4 Å². The van der Waals surface area contributed by atoms with E-state index in [1.807, 2.05) is 6.92 Å². The SMILES string of the molecule is CCCCCc1ccc(-c2cc3ccc(SCCC(F)(F)C(F)(F)C(F)(F)C(F)(F)CCOC(=O)C(N)CN)cc3o2)c(OC(F)(F)F)c1. The number of esters is 1. The van der Waals surface area contributed by atoms with Crippen LogP contribution in [-0.2, 0) is 16.0 Å².